The van der Waals surface area contributed by atoms with E-state index in [1.165, 1.54) is 4.88 Å². The third kappa shape index (κ3) is 3.36. The fourth-order valence-corrected chi connectivity index (χ4v) is 4.71. The highest BCUT2D eigenvalue weighted by atomic mass is 32.1. The highest BCUT2D eigenvalue weighted by Crippen LogP contribution is 2.35. The molecule has 0 bridgehead atoms. The molecule has 0 spiro atoms. The molecule has 6 heteroatoms. The number of carbonyl (C=O) groups excluding carboxylic acids is 1. The Morgan fingerprint density at radius 1 is 0.966 bits per heavy atom. The first-order chi connectivity index (χ1) is 14.3. The van der Waals surface area contributed by atoms with Crippen LogP contribution in [0.2, 0.25) is 0 Å². The molecular weight excluding hydrogens is 380 g/mol. The summed E-state index contributed by atoms with van der Waals surface area (Å²) in [6.45, 7) is 0.738. The fourth-order valence-electron chi connectivity index (χ4n) is 3.84. The van der Waals surface area contributed by atoms with Gasteiger partial charge in [-0.2, -0.15) is 0 Å². The number of benzene rings is 2. The van der Waals surface area contributed by atoms with Gasteiger partial charge >= 0.3 is 0 Å². The highest BCUT2D eigenvalue weighted by Gasteiger charge is 2.33. The van der Waals surface area contributed by atoms with Gasteiger partial charge in [0.1, 0.15) is 0 Å². The van der Waals surface area contributed by atoms with Crippen molar-refractivity contribution >= 4 is 17.2 Å². The first-order valence-electron chi connectivity index (χ1n) is 9.73. The van der Waals surface area contributed by atoms with E-state index in [0.29, 0.717) is 5.82 Å². The maximum Gasteiger partial charge on any atom is 0.294 e. The van der Waals surface area contributed by atoms with E-state index >= 15 is 0 Å². The molecule has 4 aromatic rings. The average Bonchev–Trinajstić information content (AvgIpc) is 3.54. The van der Waals surface area contributed by atoms with Gasteiger partial charge < -0.3 is 4.90 Å². The maximum absolute atomic E-state index is 13.4. The second kappa shape index (κ2) is 7.64. The molecule has 1 amide bonds. The lowest BCUT2D eigenvalue weighted by Gasteiger charge is -2.22. The van der Waals surface area contributed by atoms with Crippen molar-refractivity contribution in [2.75, 3.05) is 6.54 Å². The van der Waals surface area contributed by atoms with Crippen LogP contribution in [0.5, 0.6) is 0 Å². The van der Waals surface area contributed by atoms with Crippen LogP contribution in [0.1, 0.15) is 34.4 Å². The van der Waals surface area contributed by atoms with Gasteiger partial charge in [0.15, 0.2) is 5.82 Å². The van der Waals surface area contributed by atoms with Crippen molar-refractivity contribution in [1.29, 1.82) is 0 Å². The summed E-state index contributed by atoms with van der Waals surface area (Å²) in [5.74, 6) is 0.816. The first-order valence-corrected chi connectivity index (χ1v) is 10.6. The third-order valence-corrected chi connectivity index (χ3v) is 6.19. The SMILES string of the molecule is O=C(c1nc(-c2ccccc2)n(-c2ccccc2)n1)N1CCC[C@H]1c1cccs1. The Kier molecular flexibility index (Phi) is 4.69. The summed E-state index contributed by atoms with van der Waals surface area (Å²) in [7, 11) is 0. The smallest absolute Gasteiger partial charge is 0.294 e. The molecule has 0 aliphatic carbocycles. The minimum absolute atomic E-state index is 0.104. The molecule has 1 aliphatic rings. The topological polar surface area (TPSA) is 51.0 Å². The Labute approximate surface area is 173 Å². The Morgan fingerprint density at radius 2 is 1.72 bits per heavy atom. The van der Waals surface area contributed by atoms with Gasteiger partial charge in [-0.15, -0.1) is 16.4 Å². The van der Waals surface area contributed by atoms with Crippen LogP contribution in [0.25, 0.3) is 17.1 Å². The molecule has 2 aromatic heterocycles. The highest BCUT2D eigenvalue weighted by molar-refractivity contribution is 7.10. The number of hydrogen-bond donors (Lipinski definition) is 0. The van der Waals surface area contributed by atoms with E-state index in [1.807, 2.05) is 71.6 Å². The summed E-state index contributed by atoms with van der Waals surface area (Å²) in [5, 5.41) is 6.70. The number of likely N-dealkylation sites (tertiary alicyclic amines) is 1. The fraction of sp³-hybridized carbons (Fsp3) is 0.174. The van der Waals surface area contributed by atoms with Crippen LogP contribution < -0.4 is 0 Å². The van der Waals surface area contributed by atoms with Gasteiger partial charge in [-0.1, -0.05) is 54.6 Å². The number of hydrogen-bond acceptors (Lipinski definition) is 4. The summed E-state index contributed by atoms with van der Waals surface area (Å²) >= 11 is 1.70. The van der Waals surface area contributed by atoms with Gasteiger partial charge in [0, 0.05) is 17.0 Å². The molecule has 1 saturated heterocycles. The van der Waals surface area contributed by atoms with Crippen LogP contribution in [0.3, 0.4) is 0 Å². The van der Waals surface area contributed by atoms with E-state index < -0.39 is 0 Å². The van der Waals surface area contributed by atoms with Gasteiger partial charge in [-0.05, 0) is 36.4 Å². The van der Waals surface area contributed by atoms with E-state index in [2.05, 4.69) is 21.5 Å². The van der Waals surface area contributed by atoms with Crippen molar-refractivity contribution in [3.63, 3.8) is 0 Å². The number of aromatic nitrogens is 3. The molecule has 144 valence electrons. The number of carbonyl (C=O) groups is 1. The summed E-state index contributed by atoms with van der Waals surface area (Å²) < 4.78 is 1.76. The molecule has 5 nitrogen and oxygen atoms in total. The first kappa shape index (κ1) is 17.8. The summed E-state index contributed by atoms with van der Waals surface area (Å²) in [6, 6.07) is 24.0. The minimum atomic E-state index is -0.104. The van der Waals surface area contributed by atoms with Crippen molar-refractivity contribution in [2.45, 2.75) is 18.9 Å². The predicted octanol–water partition coefficient (Wildman–Crippen LogP) is 4.97. The molecule has 3 heterocycles. The van der Waals surface area contributed by atoms with Crippen molar-refractivity contribution in [3.05, 3.63) is 88.9 Å². The largest absolute Gasteiger partial charge is 0.328 e. The van der Waals surface area contributed by atoms with Crippen LogP contribution in [-0.4, -0.2) is 32.1 Å². The minimum Gasteiger partial charge on any atom is -0.328 e. The molecule has 5 rings (SSSR count). The Bertz CT molecular complexity index is 1050. The van der Waals surface area contributed by atoms with E-state index in [9.17, 15) is 4.79 Å². The molecule has 1 aliphatic heterocycles. The molecule has 1 fully saturated rings. The zero-order valence-electron chi connectivity index (χ0n) is 15.8. The van der Waals surface area contributed by atoms with Crippen molar-refractivity contribution < 1.29 is 4.79 Å². The van der Waals surface area contributed by atoms with Crippen LogP contribution in [-0.2, 0) is 0 Å². The standard InChI is InChI=1S/C23H20N4OS/c28-23(26-15-7-13-19(26)20-14-8-16-29-20)21-24-22(17-9-3-1-4-10-17)27(25-21)18-11-5-2-6-12-18/h1-6,8-12,14,16,19H,7,13,15H2/t19-/m0/s1. The lowest BCUT2D eigenvalue weighted by atomic mass is 10.2. The van der Waals surface area contributed by atoms with E-state index in [1.54, 1.807) is 16.0 Å². The molecule has 29 heavy (non-hydrogen) atoms. The lowest BCUT2D eigenvalue weighted by Crippen LogP contribution is -2.31. The zero-order chi connectivity index (χ0) is 19.6. The Balaban J connectivity index is 1.55. The monoisotopic (exact) mass is 400 g/mol. The molecule has 1 atom stereocenters. The predicted molar refractivity (Wildman–Crippen MR) is 114 cm³/mol. The normalized spacial score (nSPS) is 16.3. The summed E-state index contributed by atoms with van der Waals surface area (Å²) in [6.07, 6.45) is 1.98. The van der Waals surface area contributed by atoms with Crippen molar-refractivity contribution in [1.82, 2.24) is 19.7 Å². The van der Waals surface area contributed by atoms with Gasteiger partial charge in [-0.25, -0.2) is 9.67 Å². The molecule has 0 N–H and O–H groups in total. The van der Waals surface area contributed by atoms with Crippen molar-refractivity contribution in [2.24, 2.45) is 0 Å². The number of amides is 1. The Morgan fingerprint density at radius 3 is 2.45 bits per heavy atom. The Hall–Kier alpha value is -3.25. The van der Waals surface area contributed by atoms with Gasteiger partial charge in [-0.3, -0.25) is 4.79 Å². The van der Waals surface area contributed by atoms with Gasteiger partial charge in [0.25, 0.3) is 5.91 Å². The van der Waals surface area contributed by atoms with Crippen molar-refractivity contribution in [3.8, 4) is 17.1 Å². The molecular formula is C23H20N4OS. The number of rotatable bonds is 4. The van der Waals surface area contributed by atoms with Crippen LogP contribution in [0, 0.1) is 0 Å². The van der Waals surface area contributed by atoms with E-state index in [4.69, 9.17) is 0 Å². The molecule has 0 radical (unpaired) electrons. The lowest BCUT2D eigenvalue weighted by molar-refractivity contribution is 0.0725. The molecule has 0 saturated carbocycles. The maximum atomic E-state index is 13.4. The van der Waals surface area contributed by atoms with Crippen LogP contribution in [0.4, 0.5) is 0 Å². The summed E-state index contributed by atoms with van der Waals surface area (Å²) in [5.41, 5.74) is 1.81. The third-order valence-electron chi connectivity index (χ3n) is 5.22. The number of nitrogens with zero attached hydrogens (tertiary/aromatic N) is 4. The van der Waals surface area contributed by atoms with Crippen LogP contribution >= 0.6 is 11.3 Å². The zero-order valence-corrected chi connectivity index (χ0v) is 16.6. The summed E-state index contributed by atoms with van der Waals surface area (Å²) in [4.78, 5) is 21.2. The van der Waals surface area contributed by atoms with Gasteiger partial charge in [0.05, 0.1) is 11.7 Å². The average molecular weight is 401 g/mol. The molecule has 2 aromatic carbocycles. The molecule has 0 unspecified atom stereocenters. The number of thiophene rings is 1. The second-order valence-electron chi connectivity index (χ2n) is 7.04. The quantitative estimate of drug-likeness (QED) is 0.486. The van der Waals surface area contributed by atoms with Gasteiger partial charge in [0.2, 0.25) is 5.82 Å². The van der Waals surface area contributed by atoms with Crippen LogP contribution in [0.15, 0.2) is 78.2 Å². The van der Waals surface area contributed by atoms with E-state index in [-0.39, 0.29) is 17.8 Å². The second-order valence-corrected chi connectivity index (χ2v) is 8.02. The number of para-hydroxylation sites is 1. The van der Waals surface area contributed by atoms with E-state index in [0.717, 1.165) is 30.6 Å².